The first-order valence-electron chi connectivity index (χ1n) is 12.4. The van der Waals surface area contributed by atoms with Gasteiger partial charge in [0.25, 0.3) is 11.8 Å². The zero-order chi connectivity index (χ0) is 28.0. The minimum absolute atomic E-state index is 0.153. The van der Waals surface area contributed by atoms with E-state index in [4.69, 9.17) is 23.2 Å². The summed E-state index contributed by atoms with van der Waals surface area (Å²) in [6.07, 6.45) is 3.46. The summed E-state index contributed by atoms with van der Waals surface area (Å²) in [6, 6.07) is 10.5. The Bertz CT molecular complexity index is 1520. The molecule has 7 nitrogen and oxygen atoms in total. The van der Waals surface area contributed by atoms with Gasteiger partial charge in [0.05, 0.1) is 17.5 Å². The zero-order valence-electron chi connectivity index (χ0n) is 20.7. The van der Waals surface area contributed by atoms with E-state index in [2.05, 4.69) is 6.58 Å². The first-order chi connectivity index (χ1) is 18.5. The van der Waals surface area contributed by atoms with Crippen LogP contribution in [0.2, 0.25) is 0 Å². The molecule has 0 spiro atoms. The Labute approximate surface area is 233 Å². The van der Waals surface area contributed by atoms with Crippen molar-refractivity contribution in [3.63, 3.8) is 0 Å². The average molecular weight is 569 g/mol. The summed E-state index contributed by atoms with van der Waals surface area (Å²) in [5, 5.41) is 9.80. The molecule has 0 aromatic heterocycles. The molecule has 200 valence electrons. The summed E-state index contributed by atoms with van der Waals surface area (Å²) in [5.41, 5.74) is 2.02. The van der Waals surface area contributed by atoms with Crippen molar-refractivity contribution in [1.82, 2.24) is 4.90 Å². The van der Waals surface area contributed by atoms with Crippen molar-refractivity contribution in [2.75, 3.05) is 11.9 Å². The second-order valence-electron chi connectivity index (χ2n) is 10.5. The Kier molecular flexibility index (Phi) is 5.62. The summed E-state index contributed by atoms with van der Waals surface area (Å²) in [7, 11) is 1.28. The molecule has 10 heteroatoms. The number of carbonyl (C=O) groups is 4. The van der Waals surface area contributed by atoms with E-state index in [1.165, 1.54) is 13.1 Å². The van der Waals surface area contributed by atoms with Crippen LogP contribution in [-0.2, 0) is 19.2 Å². The van der Waals surface area contributed by atoms with Crippen molar-refractivity contribution >= 4 is 58.6 Å². The average Bonchev–Trinajstić information content (AvgIpc) is 3.25. The normalized spacial score (nSPS) is 33.6. The van der Waals surface area contributed by atoms with E-state index >= 15 is 0 Å². The van der Waals surface area contributed by atoms with Crippen molar-refractivity contribution in [1.29, 1.82) is 0 Å². The van der Waals surface area contributed by atoms with Crippen LogP contribution in [-0.4, -0.2) is 50.4 Å². The Balaban J connectivity index is 1.50. The van der Waals surface area contributed by atoms with E-state index in [-0.39, 0.29) is 24.3 Å². The number of carbonyl (C=O) groups excluding carboxylic acids is 4. The number of anilines is 1. The van der Waals surface area contributed by atoms with Crippen LogP contribution in [0.3, 0.4) is 0 Å². The van der Waals surface area contributed by atoms with Crippen molar-refractivity contribution in [3.05, 3.63) is 77.6 Å². The molecule has 2 saturated heterocycles. The molecular formula is C29H23Cl2FN2O5. The lowest BCUT2D eigenvalue weighted by Crippen LogP contribution is -2.60. The molecule has 2 aliphatic heterocycles. The van der Waals surface area contributed by atoms with Crippen molar-refractivity contribution in [2.24, 2.45) is 17.8 Å². The van der Waals surface area contributed by atoms with Gasteiger partial charge >= 0.3 is 0 Å². The molecule has 2 aliphatic carbocycles. The number of fused-ring (bicyclic) bond motifs is 4. The number of nitrogens with zero attached hydrogens (tertiary/aromatic N) is 2. The Morgan fingerprint density at radius 2 is 1.72 bits per heavy atom. The predicted octanol–water partition coefficient (Wildman–Crippen LogP) is 4.37. The number of phenolic OH excluding ortho intramolecular Hbond substituents is 1. The van der Waals surface area contributed by atoms with Crippen LogP contribution in [0.1, 0.15) is 29.9 Å². The summed E-state index contributed by atoms with van der Waals surface area (Å²) in [6.45, 7) is 3.72. The Morgan fingerprint density at radius 1 is 1.03 bits per heavy atom. The number of rotatable bonds is 3. The first-order valence-corrected chi connectivity index (χ1v) is 13.2. The molecule has 6 atom stereocenters. The third kappa shape index (κ3) is 3.22. The topological polar surface area (TPSA) is 95.0 Å². The lowest BCUT2D eigenvalue weighted by atomic mass is 9.56. The van der Waals surface area contributed by atoms with Crippen molar-refractivity contribution in [2.45, 2.75) is 28.5 Å². The standard InChI is InChI=1S/C29H23Cl2FN2O5/c1-3-14-4-7-16(8-5-14)34-24(36)18-10-9-17-19(22(18)25(34)37)13-28(30)26(38)33(2)27(39)29(28,31)23(17)15-6-11-21(35)20(32)12-15/h3-9,11-12,18-19,22-23,35H,1,10,13H2,2H3. The molecule has 0 radical (unpaired) electrons. The van der Waals surface area contributed by atoms with Crippen LogP contribution >= 0.6 is 23.2 Å². The largest absolute Gasteiger partial charge is 0.505 e. The highest BCUT2D eigenvalue weighted by atomic mass is 35.5. The third-order valence-corrected chi connectivity index (χ3v) is 10.1. The number of likely N-dealkylation sites (tertiary alicyclic amines) is 1. The maximum atomic E-state index is 14.6. The SMILES string of the molecule is C=Cc1ccc(N2C(=O)C3CC=C4C(CC5(Cl)C(=O)N(C)C(=O)C5(Cl)C4c4ccc(O)c(F)c4)C3C2=O)cc1. The number of hydrogen-bond donors (Lipinski definition) is 1. The first kappa shape index (κ1) is 25.8. The molecule has 2 aromatic carbocycles. The van der Waals surface area contributed by atoms with E-state index in [0.29, 0.717) is 11.3 Å². The van der Waals surface area contributed by atoms with Gasteiger partial charge in [0, 0.05) is 13.0 Å². The Morgan fingerprint density at radius 3 is 2.36 bits per heavy atom. The number of halogens is 3. The van der Waals surface area contributed by atoms with E-state index in [9.17, 15) is 28.7 Å². The second kappa shape index (κ2) is 8.50. The van der Waals surface area contributed by atoms with Gasteiger partial charge in [0.1, 0.15) is 0 Å². The van der Waals surface area contributed by atoms with Gasteiger partial charge in [-0.2, -0.15) is 0 Å². The molecule has 2 heterocycles. The van der Waals surface area contributed by atoms with Gasteiger partial charge in [-0.1, -0.05) is 42.5 Å². The second-order valence-corrected chi connectivity index (χ2v) is 11.8. The number of alkyl halides is 2. The number of amides is 4. The number of hydrogen-bond acceptors (Lipinski definition) is 5. The number of imide groups is 2. The van der Waals surface area contributed by atoms with E-state index in [1.54, 1.807) is 36.4 Å². The molecule has 0 bridgehead atoms. The number of benzene rings is 2. The minimum Gasteiger partial charge on any atom is -0.505 e. The van der Waals surface area contributed by atoms with E-state index in [0.717, 1.165) is 27.5 Å². The van der Waals surface area contributed by atoms with Crippen molar-refractivity contribution in [3.8, 4) is 5.75 Å². The lowest BCUT2D eigenvalue weighted by Gasteiger charge is -2.50. The maximum absolute atomic E-state index is 14.6. The van der Waals surface area contributed by atoms with Gasteiger partial charge < -0.3 is 5.11 Å². The zero-order valence-corrected chi connectivity index (χ0v) is 22.2. The van der Waals surface area contributed by atoms with Gasteiger partial charge in [-0.3, -0.25) is 29.0 Å². The highest BCUT2D eigenvalue weighted by Gasteiger charge is 2.75. The molecule has 4 aliphatic rings. The minimum atomic E-state index is -2.01. The van der Waals surface area contributed by atoms with Crippen LogP contribution in [0.25, 0.3) is 6.08 Å². The van der Waals surface area contributed by atoms with Gasteiger partial charge in [-0.25, -0.2) is 4.39 Å². The van der Waals surface area contributed by atoms with Crippen LogP contribution in [0, 0.1) is 23.6 Å². The molecule has 6 rings (SSSR count). The fourth-order valence-electron chi connectivity index (χ4n) is 6.83. The third-order valence-electron chi connectivity index (χ3n) is 8.71. The smallest absolute Gasteiger partial charge is 0.253 e. The molecule has 6 unspecified atom stereocenters. The molecule has 1 N–H and O–H groups in total. The molecular weight excluding hydrogens is 546 g/mol. The van der Waals surface area contributed by atoms with Gasteiger partial charge in [-0.05, 0) is 54.2 Å². The fraction of sp³-hybridized carbons (Fsp3) is 0.310. The fourth-order valence-corrected chi connectivity index (χ4v) is 7.85. The van der Waals surface area contributed by atoms with E-state index < -0.39 is 62.7 Å². The summed E-state index contributed by atoms with van der Waals surface area (Å²) < 4.78 is 14.6. The predicted molar refractivity (Wildman–Crippen MR) is 143 cm³/mol. The quantitative estimate of drug-likeness (QED) is 0.337. The van der Waals surface area contributed by atoms with Gasteiger partial charge in [0.15, 0.2) is 21.3 Å². The molecule has 39 heavy (non-hydrogen) atoms. The van der Waals surface area contributed by atoms with Gasteiger partial charge in [0.2, 0.25) is 11.8 Å². The maximum Gasteiger partial charge on any atom is 0.253 e. The highest BCUT2D eigenvalue weighted by Crippen LogP contribution is 2.65. The van der Waals surface area contributed by atoms with Gasteiger partial charge in [-0.15, -0.1) is 23.2 Å². The van der Waals surface area contributed by atoms with E-state index in [1.807, 2.05) is 0 Å². The van der Waals surface area contributed by atoms with Crippen LogP contribution in [0.5, 0.6) is 5.75 Å². The summed E-state index contributed by atoms with van der Waals surface area (Å²) in [5.74, 6) is -7.14. The summed E-state index contributed by atoms with van der Waals surface area (Å²) in [4.78, 5) is 52.4. The number of allylic oxidation sites excluding steroid dienone is 2. The van der Waals surface area contributed by atoms with Crippen LogP contribution in [0.4, 0.5) is 10.1 Å². The van der Waals surface area contributed by atoms with Crippen LogP contribution < -0.4 is 4.90 Å². The number of phenols is 1. The Hall–Kier alpha value is -3.49. The monoisotopic (exact) mass is 568 g/mol. The molecule has 2 aromatic rings. The molecule has 4 amide bonds. The highest BCUT2D eigenvalue weighted by molar-refractivity contribution is 6.53. The lowest BCUT2D eigenvalue weighted by molar-refractivity contribution is -0.138. The van der Waals surface area contributed by atoms with Crippen LogP contribution in [0.15, 0.2) is 60.7 Å². The number of aromatic hydroxyl groups is 1. The summed E-state index contributed by atoms with van der Waals surface area (Å²) >= 11 is 14.1. The van der Waals surface area contributed by atoms with Crippen molar-refractivity contribution < 1.29 is 28.7 Å². The molecule has 1 saturated carbocycles. The molecule has 3 fully saturated rings.